The lowest BCUT2D eigenvalue weighted by atomic mass is 9.72. The summed E-state index contributed by atoms with van der Waals surface area (Å²) in [6.45, 7) is 11.7. The van der Waals surface area contributed by atoms with E-state index in [0.29, 0.717) is 31.4 Å². The fourth-order valence-electron chi connectivity index (χ4n) is 4.77. The van der Waals surface area contributed by atoms with Gasteiger partial charge in [0.05, 0.1) is 6.61 Å². The third-order valence-corrected chi connectivity index (χ3v) is 6.59. The van der Waals surface area contributed by atoms with Gasteiger partial charge >= 0.3 is 6.09 Å². The van der Waals surface area contributed by atoms with Crippen LogP contribution < -0.4 is 0 Å². The molecule has 0 spiro atoms. The van der Waals surface area contributed by atoms with Gasteiger partial charge in [-0.3, -0.25) is 0 Å². The van der Waals surface area contributed by atoms with Crippen LogP contribution in [0.4, 0.5) is 4.79 Å². The molecule has 1 heterocycles. The Morgan fingerprint density at radius 3 is 2.26 bits per heavy atom. The molecule has 1 saturated carbocycles. The highest BCUT2D eigenvalue weighted by Gasteiger charge is 2.43. The minimum atomic E-state index is -1.15. The quantitative estimate of drug-likeness (QED) is 0.595. The van der Waals surface area contributed by atoms with Crippen molar-refractivity contribution in [2.75, 3.05) is 19.7 Å². The van der Waals surface area contributed by atoms with Crippen LogP contribution in [0.1, 0.15) is 71.3 Å². The average molecular weight is 430 g/mol. The molecule has 1 N–H and O–H groups in total. The Morgan fingerprint density at radius 2 is 1.68 bits per heavy atom. The predicted molar refractivity (Wildman–Crippen MR) is 123 cm³/mol. The minimum Gasteiger partial charge on any atom is -0.495 e. The van der Waals surface area contributed by atoms with Gasteiger partial charge in [-0.05, 0) is 63.9 Å². The van der Waals surface area contributed by atoms with E-state index in [1.54, 1.807) is 4.90 Å². The number of nitrogens with zero attached hydrogens (tertiary/aromatic N) is 1. The number of rotatable bonds is 6. The van der Waals surface area contributed by atoms with E-state index >= 15 is 0 Å². The van der Waals surface area contributed by atoms with Crippen molar-refractivity contribution in [2.45, 2.75) is 76.9 Å². The first-order valence-corrected chi connectivity index (χ1v) is 11.8. The Kier molecular flexibility index (Phi) is 7.68. The molecule has 0 bridgehead atoms. The number of likely N-dealkylation sites (tertiary alicyclic amines) is 1. The van der Waals surface area contributed by atoms with E-state index in [2.05, 4.69) is 6.58 Å². The fraction of sp³-hybridized carbons (Fsp3) is 0.654. The molecular weight excluding hydrogens is 390 g/mol. The van der Waals surface area contributed by atoms with Crippen molar-refractivity contribution in [1.29, 1.82) is 0 Å². The molecule has 31 heavy (non-hydrogen) atoms. The number of aliphatic hydroxyl groups is 1. The van der Waals surface area contributed by atoms with Crippen molar-refractivity contribution < 1.29 is 19.4 Å². The zero-order valence-electron chi connectivity index (χ0n) is 19.4. The SMILES string of the molecule is C=C(OCC1CCN(C(=O)OC(C)(C)C)CC1)C(O)(c1ccccc1)C1CCCCC1. The molecule has 5 nitrogen and oxygen atoms in total. The molecule has 1 aromatic carbocycles. The zero-order chi connectivity index (χ0) is 22.5. The van der Waals surface area contributed by atoms with Crippen molar-refractivity contribution in [3.05, 3.63) is 48.2 Å². The van der Waals surface area contributed by atoms with E-state index in [1.807, 2.05) is 51.1 Å². The molecule has 1 aliphatic carbocycles. The van der Waals surface area contributed by atoms with Crippen LogP contribution in [0, 0.1) is 11.8 Å². The third kappa shape index (κ3) is 6.03. The van der Waals surface area contributed by atoms with Gasteiger partial charge in [0.15, 0.2) is 0 Å². The summed E-state index contributed by atoms with van der Waals surface area (Å²) in [6, 6.07) is 9.84. The van der Waals surface area contributed by atoms with Gasteiger partial charge in [0, 0.05) is 13.1 Å². The van der Waals surface area contributed by atoms with Crippen LogP contribution in [0.3, 0.4) is 0 Å². The Labute approximate surface area is 187 Å². The maximum atomic E-state index is 12.3. The fourth-order valence-corrected chi connectivity index (χ4v) is 4.77. The first-order chi connectivity index (χ1) is 14.7. The molecule has 1 saturated heterocycles. The van der Waals surface area contributed by atoms with E-state index in [0.717, 1.165) is 44.1 Å². The lowest BCUT2D eigenvalue weighted by molar-refractivity contribution is -0.0584. The summed E-state index contributed by atoms with van der Waals surface area (Å²) in [5.41, 5.74) is -0.763. The topological polar surface area (TPSA) is 59.0 Å². The molecule has 0 radical (unpaired) electrons. The highest BCUT2D eigenvalue weighted by Crippen LogP contribution is 2.44. The van der Waals surface area contributed by atoms with E-state index in [-0.39, 0.29) is 12.0 Å². The molecule has 3 rings (SSSR count). The van der Waals surface area contributed by atoms with Gasteiger partial charge in [-0.15, -0.1) is 0 Å². The summed E-state index contributed by atoms with van der Waals surface area (Å²) in [4.78, 5) is 14.1. The maximum Gasteiger partial charge on any atom is 0.410 e. The number of hydrogen-bond donors (Lipinski definition) is 1. The summed E-state index contributed by atoms with van der Waals surface area (Å²) in [5.74, 6) is 0.923. The van der Waals surface area contributed by atoms with Crippen LogP contribution in [-0.4, -0.2) is 41.4 Å². The lowest BCUT2D eigenvalue weighted by Gasteiger charge is -2.40. The van der Waals surface area contributed by atoms with Crippen molar-refractivity contribution in [1.82, 2.24) is 4.90 Å². The highest BCUT2D eigenvalue weighted by molar-refractivity contribution is 5.68. The summed E-state index contributed by atoms with van der Waals surface area (Å²) < 4.78 is 11.6. The third-order valence-electron chi connectivity index (χ3n) is 6.59. The zero-order valence-corrected chi connectivity index (χ0v) is 19.4. The second-order valence-electron chi connectivity index (χ2n) is 10.1. The van der Waals surface area contributed by atoms with Crippen molar-refractivity contribution in [2.24, 2.45) is 11.8 Å². The number of ether oxygens (including phenoxy) is 2. The summed E-state index contributed by atoms with van der Waals surface area (Å²) in [5, 5.41) is 11.8. The number of carbonyl (C=O) groups excluding carboxylic acids is 1. The molecule has 1 unspecified atom stereocenters. The predicted octanol–water partition coefficient (Wildman–Crippen LogP) is 5.63. The van der Waals surface area contributed by atoms with Gasteiger partial charge in [-0.1, -0.05) is 56.2 Å². The molecule has 2 aliphatic rings. The maximum absolute atomic E-state index is 12.3. The van der Waals surface area contributed by atoms with Gasteiger partial charge in [0.25, 0.3) is 0 Å². The van der Waals surface area contributed by atoms with E-state index in [4.69, 9.17) is 9.47 Å². The average Bonchev–Trinajstić information content (AvgIpc) is 2.77. The van der Waals surface area contributed by atoms with Crippen molar-refractivity contribution >= 4 is 6.09 Å². The molecule has 1 atom stereocenters. The largest absolute Gasteiger partial charge is 0.495 e. The smallest absolute Gasteiger partial charge is 0.410 e. The monoisotopic (exact) mass is 429 g/mol. The summed E-state index contributed by atoms with van der Waals surface area (Å²) >= 11 is 0. The standard InChI is InChI=1S/C26H39NO4/c1-20(26(29,22-11-7-5-8-12-22)23-13-9-6-10-14-23)30-19-21-15-17-27(18-16-21)24(28)31-25(2,3)4/h5,7-8,11-12,21,23,29H,1,6,9-10,13-19H2,2-4H3. The van der Waals surface area contributed by atoms with Crippen LogP contribution in [0.25, 0.3) is 0 Å². The Morgan fingerprint density at radius 1 is 1.06 bits per heavy atom. The summed E-state index contributed by atoms with van der Waals surface area (Å²) in [6.07, 6.45) is 6.95. The molecule has 2 fully saturated rings. The second-order valence-corrected chi connectivity index (χ2v) is 10.1. The molecule has 172 valence electrons. The number of carbonyl (C=O) groups is 1. The van der Waals surface area contributed by atoms with Crippen LogP contribution in [-0.2, 0) is 15.1 Å². The molecular formula is C26H39NO4. The lowest BCUT2D eigenvalue weighted by Crippen LogP contribution is -2.43. The highest BCUT2D eigenvalue weighted by atomic mass is 16.6. The summed E-state index contributed by atoms with van der Waals surface area (Å²) in [7, 11) is 0. The normalized spacial score (nSPS) is 20.7. The number of amides is 1. The first kappa shape index (κ1) is 23.6. The molecule has 1 aliphatic heterocycles. The Hall–Kier alpha value is -2.01. The second kappa shape index (κ2) is 10.1. The van der Waals surface area contributed by atoms with Gasteiger partial charge < -0.3 is 19.5 Å². The molecule has 5 heteroatoms. The minimum absolute atomic E-state index is 0.130. The van der Waals surface area contributed by atoms with Crippen molar-refractivity contribution in [3.63, 3.8) is 0 Å². The van der Waals surface area contributed by atoms with E-state index < -0.39 is 11.2 Å². The van der Waals surface area contributed by atoms with Crippen LogP contribution in [0.2, 0.25) is 0 Å². The number of benzene rings is 1. The van der Waals surface area contributed by atoms with Crippen LogP contribution >= 0.6 is 0 Å². The first-order valence-electron chi connectivity index (χ1n) is 11.8. The van der Waals surface area contributed by atoms with E-state index in [9.17, 15) is 9.90 Å². The van der Waals surface area contributed by atoms with E-state index in [1.165, 1.54) is 6.42 Å². The molecule has 1 aromatic rings. The van der Waals surface area contributed by atoms with Gasteiger partial charge in [0.1, 0.15) is 17.0 Å². The number of piperidine rings is 1. The van der Waals surface area contributed by atoms with Gasteiger partial charge in [0.2, 0.25) is 0 Å². The molecule has 0 aromatic heterocycles. The van der Waals surface area contributed by atoms with Crippen LogP contribution in [0.15, 0.2) is 42.7 Å². The Balaban J connectivity index is 1.58. The van der Waals surface area contributed by atoms with Crippen LogP contribution in [0.5, 0.6) is 0 Å². The van der Waals surface area contributed by atoms with Gasteiger partial charge in [-0.25, -0.2) is 4.79 Å². The number of hydrogen-bond acceptors (Lipinski definition) is 4. The van der Waals surface area contributed by atoms with Gasteiger partial charge in [-0.2, -0.15) is 0 Å². The van der Waals surface area contributed by atoms with Crippen molar-refractivity contribution in [3.8, 4) is 0 Å². The Bertz CT molecular complexity index is 728. The molecule has 1 amide bonds.